The Morgan fingerprint density at radius 3 is 1.80 bits per heavy atom. The van der Waals surface area contributed by atoms with Crippen LogP contribution in [0.1, 0.15) is 87.4 Å². The highest BCUT2D eigenvalue weighted by Crippen LogP contribution is 2.39. The van der Waals surface area contributed by atoms with Crippen molar-refractivity contribution >= 4 is 0 Å². The summed E-state index contributed by atoms with van der Waals surface area (Å²) in [6.07, 6.45) is 11.0. The molecule has 0 saturated heterocycles. The Balaban J connectivity index is 2.07. The summed E-state index contributed by atoms with van der Waals surface area (Å²) in [7, 11) is 4.06. The molecule has 4 heteroatoms. The number of benzene rings is 2. The van der Waals surface area contributed by atoms with E-state index in [4.69, 9.17) is 0 Å². The van der Waals surface area contributed by atoms with Crippen molar-refractivity contribution in [3.63, 3.8) is 0 Å². The molecule has 0 fully saturated rings. The lowest BCUT2D eigenvalue weighted by atomic mass is 9.81. The van der Waals surface area contributed by atoms with Crippen LogP contribution in [0, 0.1) is 26.5 Å². The molecule has 0 unspecified atom stereocenters. The van der Waals surface area contributed by atoms with E-state index in [0.29, 0.717) is 17.8 Å². The van der Waals surface area contributed by atoms with Gasteiger partial charge in [0.2, 0.25) is 12.7 Å². The van der Waals surface area contributed by atoms with Gasteiger partial charge in [0.05, 0.1) is 14.1 Å². The first-order valence-corrected chi connectivity index (χ1v) is 12.7. The Kier molecular flexibility index (Phi) is 6.77. The van der Waals surface area contributed by atoms with Gasteiger partial charge in [-0.15, -0.1) is 0 Å². The summed E-state index contributed by atoms with van der Waals surface area (Å²) in [4.78, 5) is 0. The minimum Gasteiger partial charge on any atom is -0.327 e. The highest BCUT2D eigenvalue weighted by atomic mass is 15.1. The van der Waals surface area contributed by atoms with E-state index in [1.165, 1.54) is 39.2 Å². The third-order valence-electron chi connectivity index (χ3n) is 7.18. The van der Waals surface area contributed by atoms with Crippen LogP contribution in [0.25, 0.3) is 22.5 Å². The van der Waals surface area contributed by atoms with Crippen LogP contribution < -0.4 is 9.13 Å². The Morgan fingerprint density at radius 1 is 0.743 bits per heavy atom. The van der Waals surface area contributed by atoms with Crippen molar-refractivity contribution in [1.82, 2.24) is 9.13 Å². The fraction of sp³-hybridized carbons (Fsp3) is 0.419. The minimum absolute atomic E-state index is 0.421. The monoisotopic (exact) mass is 468 g/mol. The molecule has 4 aromatic rings. The van der Waals surface area contributed by atoms with E-state index in [2.05, 4.69) is 125 Å². The predicted octanol–water partition coefficient (Wildman–Crippen LogP) is 6.17. The standard InChI is InChI=1S/C31H40N4/c1-20(2)25-15-29(21(3)4)31(30(16-25)22(5)6)26-13-27(34-12-11-32(9)18-34)17-28(14-26)35-19-33(10)23(7)24(35)8/h11-17,20-22H,1-10H3. The van der Waals surface area contributed by atoms with Crippen molar-refractivity contribution in [3.8, 4) is 22.5 Å². The van der Waals surface area contributed by atoms with E-state index in [0.717, 1.165) is 11.4 Å². The molecule has 0 atom stereocenters. The molecule has 0 aliphatic heterocycles. The first kappa shape index (κ1) is 25.0. The van der Waals surface area contributed by atoms with Gasteiger partial charge in [-0.05, 0) is 59.4 Å². The molecule has 4 nitrogen and oxygen atoms in total. The third-order valence-corrected chi connectivity index (χ3v) is 7.18. The molecule has 0 aliphatic carbocycles. The fourth-order valence-corrected chi connectivity index (χ4v) is 4.80. The maximum atomic E-state index is 3.50. The molecule has 0 N–H and O–H groups in total. The maximum absolute atomic E-state index is 3.50. The molecule has 0 spiro atoms. The van der Waals surface area contributed by atoms with Crippen molar-refractivity contribution < 1.29 is 9.13 Å². The first-order valence-electron chi connectivity index (χ1n) is 12.7. The van der Waals surface area contributed by atoms with Crippen LogP contribution in [0.4, 0.5) is 0 Å². The van der Waals surface area contributed by atoms with E-state index >= 15 is 0 Å². The zero-order valence-electron chi connectivity index (χ0n) is 23.1. The second-order valence-electron chi connectivity index (χ2n) is 10.8. The largest absolute Gasteiger partial charge is 0.327 e. The molecule has 0 radical (unpaired) electrons. The predicted molar refractivity (Wildman–Crippen MR) is 142 cm³/mol. The highest BCUT2D eigenvalue weighted by molar-refractivity contribution is 5.75. The van der Waals surface area contributed by atoms with Crippen molar-refractivity contribution in [2.24, 2.45) is 14.1 Å². The summed E-state index contributed by atoms with van der Waals surface area (Å²) in [5, 5.41) is 0. The summed E-state index contributed by atoms with van der Waals surface area (Å²) in [6.45, 7) is 18.1. The number of rotatable bonds is 6. The molecule has 2 heterocycles. The van der Waals surface area contributed by atoms with Gasteiger partial charge in [0, 0.05) is 35.2 Å². The molecule has 35 heavy (non-hydrogen) atoms. The Morgan fingerprint density at radius 2 is 1.34 bits per heavy atom. The van der Waals surface area contributed by atoms with E-state index in [-0.39, 0.29) is 0 Å². The van der Waals surface area contributed by atoms with Crippen LogP contribution in [-0.2, 0) is 14.1 Å². The summed E-state index contributed by atoms with van der Waals surface area (Å²) in [5.41, 5.74) is 11.5. The smallest absolute Gasteiger partial charge is 0.243 e. The van der Waals surface area contributed by atoms with E-state index in [9.17, 15) is 0 Å². The number of hydrogen-bond donors (Lipinski definition) is 0. The lowest BCUT2D eigenvalue weighted by Gasteiger charge is -2.24. The topological polar surface area (TPSA) is 17.6 Å². The van der Waals surface area contributed by atoms with Gasteiger partial charge in [-0.3, -0.25) is 0 Å². The quantitative estimate of drug-likeness (QED) is 0.238. The second kappa shape index (κ2) is 9.49. The second-order valence-corrected chi connectivity index (χ2v) is 10.8. The third kappa shape index (κ3) is 4.71. The lowest BCUT2D eigenvalue weighted by Crippen LogP contribution is -2.34. The van der Waals surface area contributed by atoms with E-state index < -0.39 is 0 Å². The van der Waals surface area contributed by atoms with Crippen LogP contribution in [0.3, 0.4) is 0 Å². The van der Waals surface area contributed by atoms with Crippen molar-refractivity contribution in [3.05, 3.63) is 83.5 Å². The van der Waals surface area contributed by atoms with Crippen molar-refractivity contribution in [1.29, 1.82) is 0 Å². The van der Waals surface area contributed by atoms with Crippen LogP contribution in [0.5, 0.6) is 0 Å². The first-order chi connectivity index (χ1) is 16.5. The molecular formula is C31H40N4. The molecule has 184 valence electrons. The van der Waals surface area contributed by atoms with Crippen LogP contribution in [-0.4, -0.2) is 9.13 Å². The van der Waals surface area contributed by atoms with E-state index in [1.807, 2.05) is 17.8 Å². The van der Waals surface area contributed by atoms with Gasteiger partial charge < -0.3 is 18.3 Å². The van der Waals surface area contributed by atoms with Crippen LogP contribution >= 0.6 is 0 Å². The number of aromatic nitrogens is 4. The summed E-state index contributed by atoms with van der Waals surface area (Å²) in [5.74, 6) is 1.34. The molecule has 2 aromatic carbocycles. The summed E-state index contributed by atoms with van der Waals surface area (Å²) in [6, 6.07) is 11.7. The zero-order chi connectivity index (χ0) is 25.6. The maximum Gasteiger partial charge on any atom is 0.243 e. The van der Waals surface area contributed by atoms with Crippen molar-refractivity contribution in [2.75, 3.05) is 0 Å². The van der Waals surface area contributed by atoms with E-state index in [1.54, 1.807) is 0 Å². The number of hydrogen-bond acceptors (Lipinski definition) is 0. The van der Waals surface area contributed by atoms with Gasteiger partial charge >= 0.3 is 0 Å². The zero-order valence-corrected chi connectivity index (χ0v) is 23.1. The Hall–Kier alpha value is -3.14. The Labute approximate surface area is 211 Å². The molecule has 0 aliphatic rings. The van der Waals surface area contributed by atoms with Crippen molar-refractivity contribution in [2.45, 2.75) is 73.1 Å². The molecule has 4 rings (SSSR count). The van der Waals surface area contributed by atoms with Gasteiger partial charge in [0.1, 0.15) is 0 Å². The fourth-order valence-electron chi connectivity index (χ4n) is 4.80. The SMILES string of the molecule is Cc1c(C)[n+](-c2cc(-c3c(C(C)C)cc(C(C)C)cc3C(C)C)cc(-[n+]3[c-]n(C)cc3)c2)[c-]n1C. The summed E-state index contributed by atoms with van der Waals surface area (Å²) >= 11 is 0. The van der Waals surface area contributed by atoms with Gasteiger partial charge in [-0.1, -0.05) is 71.9 Å². The minimum atomic E-state index is 0.421. The average Bonchev–Trinajstić information content (AvgIpc) is 3.36. The van der Waals surface area contributed by atoms with Gasteiger partial charge in [-0.25, -0.2) is 0 Å². The summed E-state index contributed by atoms with van der Waals surface area (Å²) < 4.78 is 8.28. The molecular weight excluding hydrogens is 428 g/mol. The van der Waals surface area contributed by atoms with Gasteiger partial charge in [0.25, 0.3) is 0 Å². The average molecular weight is 469 g/mol. The van der Waals surface area contributed by atoms with Crippen LogP contribution in [0.2, 0.25) is 0 Å². The number of imidazole rings is 2. The normalized spacial score (nSPS) is 11.9. The molecule has 0 saturated carbocycles. The van der Waals surface area contributed by atoms with Gasteiger partial charge in [0.15, 0.2) is 0 Å². The Bertz CT molecular complexity index is 1340. The number of nitrogens with zero attached hydrogens (tertiary/aromatic N) is 4. The van der Waals surface area contributed by atoms with Gasteiger partial charge in [-0.2, -0.15) is 0 Å². The highest BCUT2D eigenvalue weighted by Gasteiger charge is 2.20. The van der Waals surface area contributed by atoms with Crippen LogP contribution in [0.15, 0.2) is 42.7 Å². The number of aryl methyl sites for hydroxylation is 2. The molecule has 0 amide bonds. The molecule has 2 aromatic heterocycles. The lowest BCUT2D eigenvalue weighted by molar-refractivity contribution is -0.612. The molecule has 0 bridgehead atoms.